The predicted molar refractivity (Wildman–Crippen MR) is 141 cm³/mol. The molecule has 37 heavy (non-hydrogen) atoms. The highest BCUT2D eigenvalue weighted by Crippen LogP contribution is 2.31. The molecule has 1 amide bonds. The average Bonchev–Trinajstić information content (AvgIpc) is 3.25. The molecule has 0 fully saturated rings. The second-order valence-corrected chi connectivity index (χ2v) is 9.85. The van der Waals surface area contributed by atoms with Gasteiger partial charge in [0, 0.05) is 11.3 Å². The number of methoxy groups -OCH3 is 1. The number of anilines is 1. The Morgan fingerprint density at radius 3 is 2.30 bits per heavy atom. The molecule has 0 bridgehead atoms. The SMILES string of the molecule is COc1ccc(NC(=O)c2cc(-c3ccccc3)nc3c2c(C)nn3-c2ccccc2)cc1S(N)(=O)=O. The highest BCUT2D eigenvalue weighted by molar-refractivity contribution is 7.89. The van der Waals surface area contributed by atoms with Crippen LogP contribution in [0.25, 0.3) is 28.0 Å². The van der Waals surface area contributed by atoms with Gasteiger partial charge in [-0.25, -0.2) is 23.2 Å². The van der Waals surface area contributed by atoms with E-state index in [1.165, 1.54) is 19.2 Å². The van der Waals surface area contributed by atoms with Crippen molar-refractivity contribution in [2.45, 2.75) is 11.8 Å². The molecule has 2 aromatic heterocycles. The quantitative estimate of drug-likeness (QED) is 0.348. The Morgan fingerprint density at radius 2 is 1.65 bits per heavy atom. The predicted octanol–water partition coefficient (Wildman–Crippen LogP) is 4.30. The third-order valence-electron chi connectivity index (χ3n) is 5.86. The van der Waals surface area contributed by atoms with E-state index in [0.717, 1.165) is 11.3 Å². The Kier molecular flexibility index (Phi) is 6.20. The Hall–Kier alpha value is -4.54. The monoisotopic (exact) mass is 513 g/mol. The van der Waals surface area contributed by atoms with Gasteiger partial charge in [0.1, 0.15) is 10.6 Å². The number of hydrogen-bond donors (Lipinski definition) is 2. The first-order valence-corrected chi connectivity index (χ1v) is 12.8. The van der Waals surface area contributed by atoms with E-state index in [1.807, 2.05) is 67.6 Å². The molecule has 5 rings (SSSR count). The van der Waals surface area contributed by atoms with Gasteiger partial charge in [0.15, 0.2) is 5.65 Å². The standard InChI is InChI=1S/C27H23N5O4S/c1-17-25-21(27(33)29-19-13-14-23(36-2)24(15-19)37(28,34)35)16-22(18-9-5-3-6-10-18)30-26(25)32(31-17)20-11-7-4-8-12-20/h3-16H,1-2H3,(H,29,33)(H2,28,34,35). The molecular formula is C27H23N5O4S. The Labute approximate surface area is 213 Å². The van der Waals surface area contributed by atoms with Crippen molar-refractivity contribution >= 4 is 32.7 Å². The number of benzene rings is 3. The highest BCUT2D eigenvalue weighted by atomic mass is 32.2. The summed E-state index contributed by atoms with van der Waals surface area (Å²) in [6, 6.07) is 25.0. The molecule has 3 N–H and O–H groups in total. The van der Waals surface area contributed by atoms with Gasteiger partial charge >= 0.3 is 0 Å². The number of fused-ring (bicyclic) bond motifs is 1. The van der Waals surface area contributed by atoms with E-state index in [-0.39, 0.29) is 16.3 Å². The number of nitrogens with zero attached hydrogens (tertiary/aromatic N) is 3. The van der Waals surface area contributed by atoms with Crippen LogP contribution in [0.4, 0.5) is 5.69 Å². The van der Waals surface area contributed by atoms with Gasteiger partial charge in [-0.2, -0.15) is 5.10 Å². The zero-order valence-electron chi connectivity index (χ0n) is 20.0. The molecule has 10 heteroatoms. The number of pyridine rings is 1. The van der Waals surface area contributed by atoms with Crippen LogP contribution in [0.2, 0.25) is 0 Å². The minimum Gasteiger partial charge on any atom is -0.495 e. The number of nitrogens with two attached hydrogens (primary N) is 1. The van der Waals surface area contributed by atoms with Crippen molar-refractivity contribution < 1.29 is 17.9 Å². The number of aromatic nitrogens is 3. The number of primary sulfonamides is 1. The lowest BCUT2D eigenvalue weighted by atomic mass is 10.0. The van der Waals surface area contributed by atoms with Crippen LogP contribution in [-0.4, -0.2) is 36.2 Å². The molecule has 3 aromatic carbocycles. The maximum Gasteiger partial charge on any atom is 0.256 e. The summed E-state index contributed by atoms with van der Waals surface area (Å²) in [5.74, 6) is -0.371. The molecule has 0 atom stereocenters. The van der Waals surface area contributed by atoms with Crippen molar-refractivity contribution in [1.29, 1.82) is 0 Å². The zero-order chi connectivity index (χ0) is 26.2. The Bertz CT molecular complexity index is 1730. The lowest BCUT2D eigenvalue weighted by Crippen LogP contribution is -2.16. The van der Waals surface area contributed by atoms with Gasteiger partial charge in [-0.1, -0.05) is 48.5 Å². The van der Waals surface area contributed by atoms with Crippen LogP contribution in [0.5, 0.6) is 5.75 Å². The van der Waals surface area contributed by atoms with Crippen LogP contribution in [-0.2, 0) is 10.0 Å². The summed E-state index contributed by atoms with van der Waals surface area (Å²) >= 11 is 0. The fourth-order valence-electron chi connectivity index (χ4n) is 4.15. The van der Waals surface area contributed by atoms with Crippen LogP contribution < -0.4 is 15.2 Å². The lowest BCUT2D eigenvalue weighted by Gasteiger charge is -2.12. The largest absolute Gasteiger partial charge is 0.495 e. The number of hydrogen-bond acceptors (Lipinski definition) is 6. The second-order valence-electron chi connectivity index (χ2n) is 8.32. The van der Waals surface area contributed by atoms with Crippen LogP contribution in [0.3, 0.4) is 0 Å². The van der Waals surface area contributed by atoms with E-state index in [0.29, 0.717) is 28.0 Å². The molecule has 2 heterocycles. The molecule has 0 aliphatic heterocycles. The minimum absolute atomic E-state index is 0.0816. The number of para-hydroxylation sites is 1. The number of aryl methyl sites for hydroxylation is 1. The fourth-order valence-corrected chi connectivity index (χ4v) is 4.87. The van der Waals surface area contributed by atoms with Gasteiger partial charge < -0.3 is 10.1 Å². The number of carbonyl (C=O) groups excluding carboxylic acids is 1. The van der Waals surface area contributed by atoms with Crippen molar-refractivity contribution in [3.63, 3.8) is 0 Å². The van der Waals surface area contributed by atoms with Crippen LogP contribution in [0.15, 0.2) is 89.8 Å². The topological polar surface area (TPSA) is 129 Å². The minimum atomic E-state index is -4.08. The van der Waals surface area contributed by atoms with Gasteiger partial charge in [0.05, 0.1) is 35.1 Å². The number of sulfonamides is 1. The van der Waals surface area contributed by atoms with Gasteiger partial charge in [-0.05, 0) is 43.3 Å². The van der Waals surface area contributed by atoms with E-state index in [1.54, 1.807) is 16.8 Å². The molecule has 0 spiro atoms. The zero-order valence-corrected chi connectivity index (χ0v) is 20.9. The fraction of sp³-hybridized carbons (Fsp3) is 0.0741. The molecule has 5 aromatic rings. The molecule has 186 valence electrons. The molecule has 0 saturated carbocycles. The number of ether oxygens (including phenoxy) is 1. The molecule has 0 radical (unpaired) electrons. The summed E-state index contributed by atoms with van der Waals surface area (Å²) in [5.41, 5.74) is 3.96. The number of amides is 1. The summed E-state index contributed by atoms with van der Waals surface area (Å²) < 4.78 is 30.9. The summed E-state index contributed by atoms with van der Waals surface area (Å²) in [7, 11) is -2.74. The molecule has 9 nitrogen and oxygen atoms in total. The summed E-state index contributed by atoms with van der Waals surface area (Å²) in [6.45, 7) is 1.81. The van der Waals surface area contributed by atoms with Crippen molar-refractivity contribution in [3.05, 3.63) is 96.2 Å². The normalized spacial score (nSPS) is 11.4. The van der Waals surface area contributed by atoms with E-state index >= 15 is 0 Å². The number of carbonyl (C=O) groups is 1. The molecule has 0 aliphatic carbocycles. The van der Waals surface area contributed by atoms with Crippen LogP contribution >= 0.6 is 0 Å². The Morgan fingerprint density at radius 1 is 0.973 bits per heavy atom. The molecular weight excluding hydrogens is 490 g/mol. The lowest BCUT2D eigenvalue weighted by molar-refractivity contribution is 0.102. The van der Waals surface area contributed by atoms with E-state index in [2.05, 4.69) is 10.4 Å². The third kappa shape index (κ3) is 4.67. The maximum atomic E-state index is 13.6. The van der Waals surface area contributed by atoms with Crippen molar-refractivity contribution in [1.82, 2.24) is 14.8 Å². The van der Waals surface area contributed by atoms with Gasteiger partial charge in [-0.15, -0.1) is 0 Å². The van der Waals surface area contributed by atoms with Gasteiger partial charge in [0.2, 0.25) is 10.0 Å². The first kappa shape index (κ1) is 24.2. The van der Waals surface area contributed by atoms with Crippen molar-refractivity contribution in [2.75, 3.05) is 12.4 Å². The Balaban J connectivity index is 1.67. The van der Waals surface area contributed by atoms with E-state index in [4.69, 9.17) is 14.9 Å². The van der Waals surface area contributed by atoms with E-state index in [9.17, 15) is 13.2 Å². The highest BCUT2D eigenvalue weighted by Gasteiger charge is 2.22. The summed E-state index contributed by atoms with van der Waals surface area (Å²) in [4.78, 5) is 18.3. The average molecular weight is 514 g/mol. The summed E-state index contributed by atoms with van der Waals surface area (Å²) in [5, 5.41) is 13.4. The second kappa shape index (κ2) is 9.49. The van der Waals surface area contributed by atoms with Crippen molar-refractivity contribution in [3.8, 4) is 22.7 Å². The number of rotatable bonds is 6. The first-order valence-electron chi connectivity index (χ1n) is 11.3. The molecule has 0 saturated heterocycles. The third-order valence-corrected chi connectivity index (χ3v) is 6.79. The molecule has 0 aliphatic rings. The first-order chi connectivity index (χ1) is 17.8. The van der Waals surface area contributed by atoms with E-state index < -0.39 is 15.9 Å². The number of nitrogens with one attached hydrogen (secondary N) is 1. The van der Waals surface area contributed by atoms with Gasteiger partial charge in [-0.3, -0.25) is 4.79 Å². The smallest absolute Gasteiger partial charge is 0.256 e. The van der Waals surface area contributed by atoms with Crippen LogP contribution in [0, 0.1) is 6.92 Å². The maximum absolute atomic E-state index is 13.6. The van der Waals surface area contributed by atoms with Crippen molar-refractivity contribution in [2.24, 2.45) is 5.14 Å². The molecule has 0 unspecified atom stereocenters. The van der Waals surface area contributed by atoms with Gasteiger partial charge in [0.25, 0.3) is 5.91 Å². The summed E-state index contributed by atoms with van der Waals surface area (Å²) in [6.07, 6.45) is 0. The van der Waals surface area contributed by atoms with Crippen LogP contribution in [0.1, 0.15) is 16.1 Å².